The number of nitrogens with zero attached hydrogens (tertiary/aromatic N) is 1. The standard InChI is InChI=1S/C13H9N/c1-2-7-13-11(4-1)8-10-5-3-6-12(10)9-14-13/h1-9H. The quantitative estimate of drug-likeness (QED) is 0.515. The molecule has 1 aliphatic heterocycles. The van der Waals surface area contributed by atoms with E-state index in [2.05, 4.69) is 35.3 Å². The molecule has 1 nitrogen and oxygen atoms in total. The predicted molar refractivity (Wildman–Crippen MR) is 58.4 cm³/mol. The molecule has 2 aliphatic rings. The summed E-state index contributed by atoms with van der Waals surface area (Å²) >= 11 is 0. The number of hydrogen-bond acceptors (Lipinski definition) is 1. The van der Waals surface area contributed by atoms with E-state index in [1.54, 1.807) is 0 Å². The second kappa shape index (κ2) is 2.81. The van der Waals surface area contributed by atoms with Crippen molar-refractivity contribution in [2.24, 2.45) is 0 Å². The lowest BCUT2D eigenvalue weighted by atomic mass is 10.1. The van der Waals surface area contributed by atoms with Crippen LogP contribution in [-0.4, -0.2) is 4.98 Å². The first-order chi connectivity index (χ1) is 6.93. The molecule has 3 rings (SSSR count). The van der Waals surface area contributed by atoms with Crippen molar-refractivity contribution in [1.29, 1.82) is 0 Å². The minimum Gasteiger partial charge on any atom is -0.256 e. The van der Waals surface area contributed by atoms with Crippen LogP contribution in [0.2, 0.25) is 0 Å². The van der Waals surface area contributed by atoms with Gasteiger partial charge in [0, 0.05) is 11.6 Å². The molecule has 0 atom stereocenters. The van der Waals surface area contributed by atoms with E-state index in [1.165, 1.54) is 16.5 Å². The lowest BCUT2D eigenvalue weighted by molar-refractivity contribution is 1.44. The van der Waals surface area contributed by atoms with E-state index in [9.17, 15) is 0 Å². The molecule has 0 spiro atoms. The third kappa shape index (κ3) is 1.06. The fourth-order valence-electron chi connectivity index (χ4n) is 1.73. The largest absolute Gasteiger partial charge is 0.256 e. The van der Waals surface area contributed by atoms with E-state index in [4.69, 9.17) is 0 Å². The number of benzene rings is 1. The number of rotatable bonds is 0. The van der Waals surface area contributed by atoms with Gasteiger partial charge in [-0.3, -0.25) is 4.98 Å². The Labute approximate surface area is 82.4 Å². The molecule has 0 saturated heterocycles. The van der Waals surface area contributed by atoms with Gasteiger partial charge in [0.25, 0.3) is 0 Å². The van der Waals surface area contributed by atoms with Gasteiger partial charge in [-0.05, 0) is 23.3 Å². The highest BCUT2D eigenvalue weighted by molar-refractivity contribution is 5.83. The minimum atomic E-state index is 1.05. The predicted octanol–water partition coefficient (Wildman–Crippen LogP) is 3.34. The first-order valence-electron chi connectivity index (χ1n) is 4.67. The summed E-state index contributed by atoms with van der Waals surface area (Å²) < 4.78 is 0. The summed E-state index contributed by atoms with van der Waals surface area (Å²) in [6.45, 7) is 0. The SMILES string of the molecule is c1cc2cnc3ccccc3cc-2c1. The molecule has 1 aliphatic carbocycles. The number of aromatic nitrogens is 1. The number of hydrogen-bond donors (Lipinski definition) is 0. The Morgan fingerprint density at radius 3 is 2.64 bits per heavy atom. The third-order valence-corrected chi connectivity index (χ3v) is 2.48. The molecule has 0 fully saturated rings. The Morgan fingerprint density at radius 2 is 1.64 bits per heavy atom. The van der Waals surface area contributed by atoms with Crippen molar-refractivity contribution in [2.75, 3.05) is 0 Å². The Bertz CT molecular complexity index is 557. The molecule has 14 heavy (non-hydrogen) atoms. The van der Waals surface area contributed by atoms with Gasteiger partial charge in [0.2, 0.25) is 0 Å². The molecule has 1 aromatic carbocycles. The van der Waals surface area contributed by atoms with Gasteiger partial charge in [0.15, 0.2) is 0 Å². The van der Waals surface area contributed by atoms with Crippen LogP contribution in [0.4, 0.5) is 0 Å². The summed E-state index contributed by atoms with van der Waals surface area (Å²) in [7, 11) is 0. The maximum atomic E-state index is 4.44. The highest BCUT2D eigenvalue weighted by atomic mass is 14.6. The Balaban J connectivity index is 2.48. The van der Waals surface area contributed by atoms with Crippen molar-refractivity contribution in [2.45, 2.75) is 0 Å². The van der Waals surface area contributed by atoms with Crippen molar-refractivity contribution in [1.82, 2.24) is 4.98 Å². The second-order valence-electron chi connectivity index (χ2n) is 3.40. The van der Waals surface area contributed by atoms with Crippen LogP contribution in [0.15, 0.2) is 54.7 Å². The molecule has 0 N–H and O–H groups in total. The fraction of sp³-hybridized carbons (Fsp3) is 0. The van der Waals surface area contributed by atoms with Crippen LogP contribution in [0, 0.1) is 0 Å². The van der Waals surface area contributed by atoms with Crippen LogP contribution < -0.4 is 0 Å². The molecule has 0 aromatic heterocycles. The Hall–Kier alpha value is -1.89. The van der Waals surface area contributed by atoms with Gasteiger partial charge in [-0.25, -0.2) is 0 Å². The molecule has 0 radical (unpaired) electrons. The Morgan fingerprint density at radius 1 is 0.786 bits per heavy atom. The van der Waals surface area contributed by atoms with Crippen LogP contribution in [0.1, 0.15) is 0 Å². The average molecular weight is 179 g/mol. The van der Waals surface area contributed by atoms with Gasteiger partial charge in [-0.2, -0.15) is 0 Å². The van der Waals surface area contributed by atoms with Gasteiger partial charge < -0.3 is 0 Å². The molecule has 1 heteroatoms. The van der Waals surface area contributed by atoms with Crippen molar-refractivity contribution in [3.63, 3.8) is 0 Å². The fourth-order valence-corrected chi connectivity index (χ4v) is 1.73. The van der Waals surface area contributed by atoms with Gasteiger partial charge in [0.05, 0.1) is 5.52 Å². The maximum Gasteiger partial charge on any atom is 0.0702 e. The highest BCUT2D eigenvalue weighted by Crippen LogP contribution is 2.23. The van der Waals surface area contributed by atoms with E-state index < -0.39 is 0 Å². The zero-order valence-electron chi connectivity index (χ0n) is 7.64. The first kappa shape index (κ1) is 7.51. The highest BCUT2D eigenvalue weighted by Gasteiger charge is 2.00. The zero-order chi connectivity index (χ0) is 9.38. The van der Waals surface area contributed by atoms with Crippen molar-refractivity contribution < 1.29 is 0 Å². The third-order valence-electron chi connectivity index (χ3n) is 2.48. The van der Waals surface area contributed by atoms with Crippen molar-refractivity contribution in [3.05, 3.63) is 54.7 Å². The zero-order valence-corrected chi connectivity index (χ0v) is 7.64. The van der Waals surface area contributed by atoms with Crippen LogP contribution in [0.25, 0.3) is 22.0 Å². The lowest BCUT2D eigenvalue weighted by Crippen LogP contribution is -1.67. The van der Waals surface area contributed by atoms with E-state index in [-0.39, 0.29) is 0 Å². The van der Waals surface area contributed by atoms with Crippen LogP contribution in [0.5, 0.6) is 0 Å². The van der Waals surface area contributed by atoms with E-state index in [0.29, 0.717) is 0 Å². The molecular weight excluding hydrogens is 170 g/mol. The molecule has 0 unspecified atom stereocenters. The van der Waals surface area contributed by atoms with Crippen molar-refractivity contribution in [3.8, 4) is 11.1 Å². The van der Waals surface area contributed by atoms with Gasteiger partial charge in [0.1, 0.15) is 0 Å². The monoisotopic (exact) mass is 179 g/mol. The smallest absolute Gasteiger partial charge is 0.0702 e. The summed E-state index contributed by atoms with van der Waals surface area (Å²) in [5.41, 5.74) is 3.49. The summed E-state index contributed by atoms with van der Waals surface area (Å²) in [6, 6.07) is 16.6. The molecule has 1 aromatic rings. The summed E-state index contributed by atoms with van der Waals surface area (Å²) in [4.78, 5) is 4.44. The maximum absolute atomic E-state index is 4.44. The Kier molecular flexibility index (Phi) is 1.51. The van der Waals surface area contributed by atoms with Crippen LogP contribution in [0.3, 0.4) is 0 Å². The van der Waals surface area contributed by atoms with Crippen molar-refractivity contribution >= 4 is 10.9 Å². The molecule has 0 saturated carbocycles. The number of para-hydroxylation sites is 1. The second-order valence-corrected chi connectivity index (χ2v) is 3.40. The summed E-state index contributed by atoms with van der Waals surface area (Å²) in [5, 5.41) is 1.19. The van der Waals surface area contributed by atoms with E-state index >= 15 is 0 Å². The summed E-state index contributed by atoms with van der Waals surface area (Å²) in [6.07, 6.45) is 1.93. The van der Waals surface area contributed by atoms with E-state index in [0.717, 1.165) is 5.52 Å². The van der Waals surface area contributed by atoms with Gasteiger partial charge in [-0.1, -0.05) is 36.4 Å². The molecule has 66 valence electrons. The van der Waals surface area contributed by atoms with Crippen LogP contribution in [-0.2, 0) is 0 Å². The number of fused-ring (bicyclic) bond motifs is 2. The molecular formula is C13H9N. The normalized spacial score (nSPS) is 10.9. The van der Waals surface area contributed by atoms with Gasteiger partial charge in [-0.15, -0.1) is 0 Å². The minimum absolute atomic E-state index is 1.05. The summed E-state index contributed by atoms with van der Waals surface area (Å²) in [5.74, 6) is 0. The molecule has 0 amide bonds. The lowest BCUT2D eigenvalue weighted by Gasteiger charge is -1.89. The first-order valence-corrected chi connectivity index (χ1v) is 4.67. The van der Waals surface area contributed by atoms with Gasteiger partial charge >= 0.3 is 0 Å². The van der Waals surface area contributed by atoms with E-state index in [1.807, 2.05) is 24.4 Å². The molecule has 0 bridgehead atoms. The average Bonchev–Trinajstić information content (AvgIpc) is 2.58. The van der Waals surface area contributed by atoms with Crippen LogP contribution >= 0.6 is 0 Å². The topological polar surface area (TPSA) is 12.9 Å². The molecule has 1 heterocycles.